The molecule has 0 aromatic heterocycles. The number of carboxylic acids is 1. The maximum Gasteiger partial charge on any atom is 0.303 e. The highest BCUT2D eigenvalue weighted by molar-refractivity contribution is 5.67. The average Bonchev–Trinajstić information content (AvgIpc) is 2.93. The van der Waals surface area contributed by atoms with Crippen LogP contribution in [0.25, 0.3) is 0 Å². The van der Waals surface area contributed by atoms with Gasteiger partial charge in [0.25, 0.3) is 0 Å². The van der Waals surface area contributed by atoms with Gasteiger partial charge in [0.15, 0.2) is 0 Å². The van der Waals surface area contributed by atoms with Gasteiger partial charge in [-0.2, -0.15) is 0 Å². The molecule has 0 amide bonds. The third-order valence-corrected chi connectivity index (χ3v) is 6.31. The number of carboxylic acid groups (broad SMARTS) is 1. The summed E-state index contributed by atoms with van der Waals surface area (Å²) in [5.74, 6) is 5.66. The maximum atomic E-state index is 10.9. The average molecular weight is 220 g/mol. The van der Waals surface area contributed by atoms with Gasteiger partial charge >= 0.3 is 5.97 Å². The molecule has 7 unspecified atom stereocenters. The molecule has 0 aromatic carbocycles. The van der Waals surface area contributed by atoms with E-state index >= 15 is 0 Å². The lowest BCUT2D eigenvalue weighted by Gasteiger charge is -2.38. The summed E-state index contributed by atoms with van der Waals surface area (Å²) in [6.07, 6.45) is 7.49. The Labute approximate surface area is 96.4 Å². The second kappa shape index (κ2) is 3.02. The van der Waals surface area contributed by atoms with Gasteiger partial charge in [0.1, 0.15) is 0 Å². The van der Waals surface area contributed by atoms with Crippen molar-refractivity contribution in [3.63, 3.8) is 0 Å². The lowest BCUT2D eigenvalue weighted by Crippen LogP contribution is -2.33. The molecular weight excluding hydrogens is 200 g/mol. The quantitative estimate of drug-likeness (QED) is 0.726. The third-order valence-electron chi connectivity index (χ3n) is 6.31. The van der Waals surface area contributed by atoms with Crippen LogP contribution in [0.3, 0.4) is 0 Å². The van der Waals surface area contributed by atoms with Crippen LogP contribution in [0.2, 0.25) is 0 Å². The van der Waals surface area contributed by atoms with Crippen LogP contribution in [-0.2, 0) is 4.79 Å². The monoisotopic (exact) mass is 220 g/mol. The minimum atomic E-state index is -0.572. The van der Waals surface area contributed by atoms with Gasteiger partial charge in [0, 0.05) is 6.42 Å². The van der Waals surface area contributed by atoms with Crippen molar-refractivity contribution < 1.29 is 9.90 Å². The molecule has 0 spiro atoms. The minimum Gasteiger partial charge on any atom is -0.481 e. The fraction of sp³-hybridized carbons (Fsp3) is 0.929. The van der Waals surface area contributed by atoms with Crippen molar-refractivity contribution >= 4 is 5.97 Å². The molecule has 16 heavy (non-hydrogen) atoms. The number of carbonyl (C=O) groups is 1. The summed E-state index contributed by atoms with van der Waals surface area (Å²) in [7, 11) is 0. The Hall–Kier alpha value is -0.530. The lowest BCUT2D eigenvalue weighted by molar-refractivity contribution is -0.138. The highest BCUT2D eigenvalue weighted by atomic mass is 16.4. The molecule has 88 valence electrons. The highest BCUT2D eigenvalue weighted by Crippen LogP contribution is 2.69. The number of hydrogen-bond donors (Lipinski definition) is 1. The molecule has 0 aliphatic heterocycles. The Morgan fingerprint density at radius 2 is 1.75 bits per heavy atom. The molecular formula is C14H20O2. The van der Waals surface area contributed by atoms with Gasteiger partial charge in [-0.3, -0.25) is 4.79 Å². The van der Waals surface area contributed by atoms with Crippen molar-refractivity contribution in [3.8, 4) is 0 Å². The van der Waals surface area contributed by atoms with Crippen molar-refractivity contribution in [2.24, 2.45) is 41.4 Å². The Morgan fingerprint density at radius 1 is 1.00 bits per heavy atom. The summed E-state index contributed by atoms with van der Waals surface area (Å²) in [6.45, 7) is 0. The van der Waals surface area contributed by atoms with Gasteiger partial charge in [-0.1, -0.05) is 0 Å². The summed E-state index contributed by atoms with van der Waals surface area (Å²) in [5, 5.41) is 8.97. The summed E-state index contributed by atoms with van der Waals surface area (Å²) >= 11 is 0. The van der Waals surface area contributed by atoms with E-state index in [1.807, 2.05) is 0 Å². The smallest absolute Gasteiger partial charge is 0.303 e. The van der Waals surface area contributed by atoms with Crippen molar-refractivity contribution in [3.05, 3.63) is 0 Å². The van der Waals surface area contributed by atoms with E-state index in [-0.39, 0.29) is 0 Å². The Morgan fingerprint density at radius 3 is 2.50 bits per heavy atom. The molecule has 7 atom stereocenters. The van der Waals surface area contributed by atoms with E-state index in [0.29, 0.717) is 12.3 Å². The minimum absolute atomic E-state index is 0.446. The van der Waals surface area contributed by atoms with Crippen LogP contribution in [0.15, 0.2) is 0 Å². The Balaban J connectivity index is 1.58. The zero-order valence-electron chi connectivity index (χ0n) is 9.64. The van der Waals surface area contributed by atoms with Crippen LogP contribution in [0.1, 0.15) is 38.5 Å². The van der Waals surface area contributed by atoms with Crippen LogP contribution >= 0.6 is 0 Å². The lowest BCUT2D eigenvalue weighted by atomic mass is 9.67. The van der Waals surface area contributed by atoms with E-state index < -0.39 is 5.97 Å². The van der Waals surface area contributed by atoms with Crippen LogP contribution in [0.4, 0.5) is 0 Å². The van der Waals surface area contributed by atoms with Gasteiger partial charge in [-0.05, 0) is 73.5 Å². The summed E-state index contributed by atoms with van der Waals surface area (Å²) in [5.41, 5.74) is 0. The summed E-state index contributed by atoms with van der Waals surface area (Å²) in [6, 6.07) is 0. The topological polar surface area (TPSA) is 37.3 Å². The predicted molar refractivity (Wildman–Crippen MR) is 59.8 cm³/mol. The molecule has 0 radical (unpaired) electrons. The molecule has 0 saturated heterocycles. The van der Waals surface area contributed by atoms with Crippen molar-refractivity contribution in [1.29, 1.82) is 0 Å². The standard InChI is InChI=1S/C14H20O2/c15-12(16)6-9-4-10-5-11(9)14-8-2-1-7(3-8)13(10)14/h7-11,13-14H,1-6H2,(H,15,16). The SMILES string of the molecule is O=C(O)CC1CC2CC1C1C3CCC(C3)C21. The van der Waals surface area contributed by atoms with Gasteiger partial charge in [-0.25, -0.2) is 0 Å². The van der Waals surface area contributed by atoms with E-state index in [2.05, 4.69) is 0 Å². The van der Waals surface area contributed by atoms with Crippen molar-refractivity contribution in [2.75, 3.05) is 0 Å². The first-order chi connectivity index (χ1) is 7.74. The van der Waals surface area contributed by atoms with Gasteiger partial charge in [0.2, 0.25) is 0 Å². The zero-order valence-corrected chi connectivity index (χ0v) is 9.64. The van der Waals surface area contributed by atoms with Crippen LogP contribution < -0.4 is 0 Å². The second-order valence-corrected chi connectivity index (χ2v) is 6.74. The molecule has 4 aliphatic carbocycles. The molecule has 0 aromatic rings. The predicted octanol–water partition coefficient (Wildman–Crippen LogP) is 2.78. The number of aliphatic carboxylic acids is 1. The summed E-state index contributed by atoms with van der Waals surface area (Å²) < 4.78 is 0. The molecule has 4 saturated carbocycles. The first kappa shape index (κ1) is 9.49. The van der Waals surface area contributed by atoms with Crippen LogP contribution in [0.5, 0.6) is 0 Å². The largest absolute Gasteiger partial charge is 0.481 e. The fourth-order valence-electron chi connectivity index (χ4n) is 6.16. The van der Waals surface area contributed by atoms with E-state index in [4.69, 9.17) is 5.11 Å². The van der Waals surface area contributed by atoms with E-state index in [9.17, 15) is 4.79 Å². The van der Waals surface area contributed by atoms with E-state index in [1.54, 1.807) is 0 Å². The maximum absolute atomic E-state index is 10.9. The highest BCUT2D eigenvalue weighted by Gasteiger charge is 2.62. The van der Waals surface area contributed by atoms with E-state index in [1.165, 1.54) is 32.1 Å². The normalized spacial score (nSPS) is 56.9. The molecule has 4 aliphatic rings. The van der Waals surface area contributed by atoms with Crippen molar-refractivity contribution in [1.82, 2.24) is 0 Å². The van der Waals surface area contributed by atoms with Crippen molar-refractivity contribution in [2.45, 2.75) is 38.5 Å². The zero-order chi connectivity index (χ0) is 10.9. The molecule has 4 bridgehead atoms. The molecule has 4 rings (SSSR count). The molecule has 0 heterocycles. The first-order valence-corrected chi connectivity index (χ1v) is 6.96. The van der Waals surface area contributed by atoms with Crippen LogP contribution in [0, 0.1) is 41.4 Å². The van der Waals surface area contributed by atoms with Crippen LogP contribution in [-0.4, -0.2) is 11.1 Å². The number of rotatable bonds is 2. The second-order valence-electron chi connectivity index (χ2n) is 6.74. The molecule has 4 fully saturated rings. The molecule has 2 nitrogen and oxygen atoms in total. The number of fused-ring (bicyclic) bond motifs is 9. The fourth-order valence-corrected chi connectivity index (χ4v) is 6.16. The van der Waals surface area contributed by atoms with Gasteiger partial charge in [-0.15, -0.1) is 0 Å². The van der Waals surface area contributed by atoms with Gasteiger partial charge < -0.3 is 5.11 Å². The Bertz CT molecular complexity index is 338. The number of hydrogen-bond acceptors (Lipinski definition) is 1. The molecule has 1 N–H and O–H groups in total. The first-order valence-electron chi connectivity index (χ1n) is 6.96. The third kappa shape index (κ3) is 1.06. The summed E-state index contributed by atoms with van der Waals surface area (Å²) in [4.78, 5) is 10.9. The van der Waals surface area contributed by atoms with Gasteiger partial charge in [0.05, 0.1) is 0 Å². The Kier molecular flexibility index (Phi) is 1.79. The molecule has 2 heteroatoms. The van der Waals surface area contributed by atoms with E-state index in [0.717, 1.165) is 35.5 Å².